The number of nitrogens with zero attached hydrogens (tertiary/aromatic N) is 2. The summed E-state index contributed by atoms with van der Waals surface area (Å²) in [6.45, 7) is 0. The van der Waals surface area contributed by atoms with E-state index < -0.39 is 16.1 Å². The van der Waals surface area contributed by atoms with Crippen LogP contribution in [0, 0.1) is 0 Å². The number of nitrogens with two attached hydrogens (primary N) is 1. The Bertz CT molecular complexity index is 547. The van der Waals surface area contributed by atoms with Crippen molar-refractivity contribution in [3.05, 3.63) is 18.3 Å². The first-order valence-corrected chi connectivity index (χ1v) is 7.74. The SMILES string of the molecule is CN(C1CCCCC1O)S(=O)(=O)c1ccnc(N)c1. The predicted octanol–water partition coefficient (Wildman–Crippen LogP) is 0.588. The number of hydrogen-bond donors (Lipinski definition) is 2. The lowest BCUT2D eigenvalue weighted by Crippen LogP contribution is -2.46. The fraction of sp³-hybridized carbons (Fsp3) is 0.583. The molecule has 0 aliphatic heterocycles. The van der Waals surface area contributed by atoms with Crippen LogP contribution < -0.4 is 5.73 Å². The Hall–Kier alpha value is -1.18. The Morgan fingerprint density at radius 3 is 2.74 bits per heavy atom. The maximum Gasteiger partial charge on any atom is 0.243 e. The van der Waals surface area contributed by atoms with Crippen LogP contribution in [0.25, 0.3) is 0 Å². The molecule has 0 amide bonds. The summed E-state index contributed by atoms with van der Waals surface area (Å²) < 4.78 is 26.2. The lowest BCUT2D eigenvalue weighted by Gasteiger charge is -2.34. The molecule has 1 aliphatic carbocycles. The molecule has 19 heavy (non-hydrogen) atoms. The minimum absolute atomic E-state index is 0.111. The van der Waals surface area contributed by atoms with Gasteiger partial charge in [0.05, 0.1) is 17.0 Å². The van der Waals surface area contributed by atoms with E-state index in [4.69, 9.17) is 5.73 Å². The van der Waals surface area contributed by atoms with Crippen LogP contribution in [-0.4, -0.2) is 42.0 Å². The lowest BCUT2D eigenvalue weighted by molar-refractivity contribution is 0.0638. The lowest BCUT2D eigenvalue weighted by atomic mass is 9.93. The van der Waals surface area contributed by atoms with Crippen LogP contribution in [0.4, 0.5) is 5.82 Å². The fourth-order valence-corrected chi connectivity index (χ4v) is 3.89. The topological polar surface area (TPSA) is 96.5 Å². The van der Waals surface area contributed by atoms with Gasteiger partial charge in [-0.05, 0) is 18.9 Å². The van der Waals surface area contributed by atoms with E-state index in [2.05, 4.69) is 4.98 Å². The highest BCUT2D eigenvalue weighted by Crippen LogP contribution is 2.27. The van der Waals surface area contributed by atoms with Crippen LogP contribution in [0.5, 0.6) is 0 Å². The Morgan fingerprint density at radius 2 is 2.11 bits per heavy atom. The van der Waals surface area contributed by atoms with Gasteiger partial charge >= 0.3 is 0 Å². The third-order valence-electron chi connectivity index (χ3n) is 3.59. The van der Waals surface area contributed by atoms with Crippen molar-refractivity contribution < 1.29 is 13.5 Å². The van der Waals surface area contributed by atoms with Gasteiger partial charge in [-0.25, -0.2) is 13.4 Å². The van der Waals surface area contributed by atoms with Gasteiger partial charge in [-0.3, -0.25) is 0 Å². The summed E-state index contributed by atoms with van der Waals surface area (Å²) in [5, 5.41) is 9.96. The van der Waals surface area contributed by atoms with Gasteiger partial charge in [0.15, 0.2) is 0 Å². The number of aliphatic hydroxyl groups is 1. The Morgan fingerprint density at radius 1 is 1.42 bits per heavy atom. The van der Waals surface area contributed by atoms with Gasteiger partial charge in [-0.1, -0.05) is 12.8 Å². The van der Waals surface area contributed by atoms with Crippen molar-refractivity contribution in [2.24, 2.45) is 0 Å². The standard InChI is InChI=1S/C12H19N3O3S/c1-15(10-4-2-3-5-11(10)16)19(17,18)9-6-7-14-12(13)8-9/h6-8,10-11,16H,2-5H2,1H3,(H2,13,14). The third kappa shape index (κ3) is 2.88. The highest BCUT2D eigenvalue weighted by Gasteiger charge is 2.34. The molecule has 2 unspecified atom stereocenters. The molecule has 7 heteroatoms. The van der Waals surface area contributed by atoms with Crippen LogP contribution in [0.3, 0.4) is 0 Å². The van der Waals surface area contributed by atoms with Crippen LogP contribution in [0.1, 0.15) is 25.7 Å². The van der Waals surface area contributed by atoms with Gasteiger partial charge in [-0.15, -0.1) is 0 Å². The zero-order valence-electron chi connectivity index (χ0n) is 10.9. The third-order valence-corrected chi connectivity index (χ3v) is 5.47. The van der Waals surface area contributed by atoms with Gasteiger partial charge in [-0.2, -0.15) is 4.31 Å². The molecule has 2 atom stereocenters. The summed E-state index contributed by atoms with van der Waals surface area (Å²) in [4.78, 5) is 3.90. The fourth-order valence-electron chi connectivity index (χ4n) is 2.45. The number of aliphatic hydroxyl groups excluding tert-OH is 1. The number of nitrogen functional groups attached to an aromatic ring is 1. The summed E-state index contributed by atoms with van der Waals surface area (Å²) in [6.07, 6.45) is 3.95. The number of hydrogen-bond acceptors (Lipinski definition) is 5. The van der Waals surface area contributed by atoms with Gasteiger partial charge in [0.2, 0.25) is 10.0 Å². The van der Waals surface area contributed by atoms with Crippen molar-refractivity contribution in [1.29, 1.82) is 0 Å². The molecule has 1 aromatic heterocycles. The second-order valence-electron chi connectivity index (χ2n) is 4.86. The molecule has 3 N–H and O–H groups in total. The molecule has 0 bridgehead atoms. The molecule has 1 heterocycles. The average Bonchev–Trinajstić information content (AvgIpc) is 2.38. The van der Waals surface area contributed by atoms with E-state index in [1.165, 1.54) is 29.7 Å². The molecular formula is C12H19N3O3S. The quantitative estimate of drug-likeness (QED) is 0.847. The number of pyridine rings is 1. The summed E-state index contributed by atoms with van der Waals surface area (Å²) in [5.41, 5.74) is 5.52. The second kappa shape index (κ2) is 5.44. The maximum absolute atomic E-state index is 12.5. The van der Waals surface area contributed by atoms with Crippen molar-refractivity contribution in [1.82, 2.24) is 9.29 Å². The van der Waals surface area contributed by atoms with E-state index in [0.29, 0.717) is 12.8 Å². The zero-order valence-corrected chi connectivity index (χ0v) is 11.7. The van der Waals surface area contributed by atoms with Crippen molar-refractivity contribution >= 4 is 15.8 Å². The molecular weight excluding hydrogens is 266 g/mol. The Kier molecular flexibility index (Phi) is 4.07. The number of likely N-dealkylation sites (N-methyl/N-ethyl adjacent to an activating group) is 1. The van der Waals surface area contributed by atoms with Crippen molar-refractivity contribution in [2.75, 3.05) is 12.8 Å². The highest BCUT2D eigenvalue weighted by atomic mass is 32.2. The van der Waals surface area contributed by atoms with Crippen molar-refractivity contribution in [3.63, 3.8) is 0 Å². The van der Waals surface area contributed by atoms with E-state index in [9.17, 15) is 13.5 Å². The van der Waals surface area contributed by atoms with E-state index in [1.807, 2.05) is 0 Å². The maximum atomic E-state index is 12.5. The molecule has 0 radical (unpaired) electrons. The van der Waals surface area contributed by atoms with E-state index >= 15 is 0 Å². The number of rotatable bonds is 3. The second-order valence-corrected chi connectivity index (χ2v) is 6.85. The first kappa shape index (κ1) is 14.2. The number of sulfonamides is 1. The summed E-state index contributed by atoms with van der Waals surface area (Å²) in [7, 11) is -2.14. The molecule has 0 aromatic carbocycles. The molecule has 0 spiro atoms. The van der Waals surface area contributed by atoms with Gasteiger partial charge in [0.25, 0.3) is 0 Å². The largest absolute Gasteiger partial charge is 0.391 e. The molecule has 2 rings (SSSR count). The molecule has 0 saturated heterocycles. The predicted molar refractivity (Wildman–Crippen MR) is 71.9 cm³/mol. The number of aromatic nitrogens is 1. The normalized spacial score (nSPS) is 24.6. The molecule has 1 aromatic rings. The Balaban J connectivity index is 2.28. The van der Waals surface area contributed by atoms with Gasteiger partial charge in [0, 0.05) is 19.3 Å². The van der Waals surface area contributed by atoms with E-state index in [1.54, 1.807) is 0 Å². The first-order valence-electron chi connectivity index (χ1n) is 6.30. The van der Waals surface area contributed by atoms with Gasteiger partial charge < -0.3 is 10.8 Å². The summed E-state index contributed by atoms with van der Waals surface area (Å²) in [5.74, 6) is 0.165. The van der Waals surface area contributed by atoms with Crippen molar-refractivity contribution in [3.8, 4) is 0 Å². The minimum Gasteiger partial charge on any atom is -0.391 e. The molecule has 6 nitrogen and oxygen atoms in total. The smallest absolute Gasteiger partial charge is 0.243 e. The average molecular weight is 285 g/mol. The summed E-state index contributed by atoms with van der Waals surface area (Å²) >= 11 is 0. The Labute approximate surface area is 113 Å². The van der Waals surface area contributed by atoms with Crippen LogP contribution in [0.15, 0.2) is 23.2 Å². The number of anilines is 1. The van der Waals surface area contributed by atoms with Crippen LogP contribution in [0.2, 0.25) is 0 Å². The van der Waals surface area contributed by atoms with Gasteiger partial charge in [0.1, 0.15) is 5.82 Å². The molecule has 1 aliphatic rings. The van der Waals surface area contributed by atoms with Crippen LogP contribution in [-0.2, 0) is 10.0 Å². The van der Waals surface area contributed by atoms with E-state index in [0.717, 1.165) is 12.8 Å². The molecule has 106 valence electrons. The molecule has 1 fully saturated rings. The first-order chi connectivity index (χ1) is 8.93. The molecule has 1 saturated carbocycles. The van der Waals surface area contributed by atoms with Crippen molar-refractivity contribution in [2.45, 2.75) is 42.7 Å². The highest BCUT2D eigenvalue weighted by molar-refractivity contribution is 7.89. The van der Waals surface area contributed by atoms with E-state index in [-0.39, 0.29) is 16.8 Å². The monoisotopic (exact) mass is 285 g/mol. The minimum atomic E-state index is -3.64. The zero-order chi connectivity index (χ0) is 14.0. The van der Waals surface area contributed by atoms with Crippen LogP contribution >= 0.6 is 0 Å². The summed E-state index contributed by atoms with van der Waals surface area (Å²) in [6, 6.07) is 2.38.